The number of hydrogen-bond donors (Lipinski definition) is 3. The van der Waals surface area contributed by atoms with Gasteiger partial charge >= 0.3 is 0 Å². The molecule has 4 nitrogen and oxygen atoms in total. The van der Waals surface area contributed by atoms with Gasteiger partial charge in [0.2, 0.25) is 0 Å². The van der Waals surface area contributed by atoms with E-state index in [9.17, 15) is 0 Å². The molecule has 5 N–H and O–H groups in total. The Hall–Kier alpha value is -0.770. The first-order valence-electron chi connectivity index (χ1n) is 6.03. The Morgan fingerprint density at radius 3 is 2.33 bits per heavy atom. The van der Waals surface area contributed by atoms with Crippen molar-refractivity contribution in [3.63, 3.8) is 0 Å². The molecule has 0 atom stereocenters. The van der Waals surface area contributed by atoms with Crippen LogP contribution in [0.15, 0.2) is 4.99 Å². The van der Waals surface area contributed by atoms with Gasteiger partial charge in [-0.2, -0.15) is 0 Å². The Balaban J connectivity index is 2.96. The maximum Gasteiger partial charge on any atom is 0.185 e. The van der Waals surface area contributed by atoms with Crippen molar-refractivity contribution in [3.8, 4) is 0 Å². The van der Waals surface area contributed by atoms with Crippen LogP contribution in [0.4, 0.5) is 0 Å². The van der Waals surface area contributed by atoms with Gasteiger partial charge in [-0.15, -0.1) is 0 Å². The van der Waals surface area contributed by atoms with Gasteiger partial charge in [-0.05, 0) is 25.9 Å². The van der Waals surface area contributed by atoms with Crippen LogP contribution >= 0.6 is 0 Å². The van der Waals surface area contributed by atoms with E-state index in [1.54, 1.807) is 0 Å². The molecule has 0 aromatic heterocycles. The second-order valence-electron chi connectivity index (χ2n) is 3.82. The highest BCUT2D eigenvalue weighted by Gasteiger charge is 1.90. The summed E-state index contributed by atoms with van der Waals surface area (Å²) in [6.45, 7) is 5.09. The van der Waals surface area contributed by atoms with Crippen LogP contribution in [0.5, 0.6) is 0 Å². The highest BCUT2D eigenvalue weighted by molar-refractivity contribution is 5.75. The van der Waals surface area contributed by atoms with E-state index >= 15 is 0 Å². The Labute approximate surface area is 93.5 Å². The van der Waals surface area contributed by atoms with E-state index in [1.807, 2.05) is 0 Å². The third-order valence-electron chi connectivity index (χ3n) is 2.26. The van der Waals surface area contributed by atoms with E-state index in [1.165, 1.54) is 32.1 Å². The Kier molecular flexibility index (Phi) is 10.7. The zero-order valence-corrected chi connectivity index (χ0v) is 9.97. The molecule has 15 heavy (non-hydrogen) atoms. The first-order valence-corrected chi connectivity index (χ1v) is 6.03. The molecule has 0 spiro atoms. The molecule has 0 aromatic carbocycles. The quantitative estimate of drug-likeness (QED) is 0.291. The third-order valence-corrected chi connectivity index (χ3v) is 2.26. The predicted octanol–water partition coefficient (Wildman–Crippen LogP) is 1.21. The van der Waals surface area contributed by atoms with Crippen LogP contribution < -0.4 is 16.8 Å². The van der Waals surface area contributed by atoms with E-state index in [0.29, 0.717) is 0 Å². The molecule has 90 valence electrons. The van der Waals surface area contributed by atoms with E-state index in [-0.39, 0.29) is 5.96 Å². The van der Waals surface area contributed by atoms with Gasteiger partial charge in [0.15, 0.2) is 5.96 Å². The zero-order valence-electron chi connectivity index (χ0n) is 9.97. The van der Waals surface area contributed by atoms with Crippen molar-refractivity contribution < 1.29 is 0 Å². The lowest BCUT2D eigenvalue weighted by atomic mass is 10.1. The average Bonchev–Trinajstić information content (AvgIpc) is 2.20. The zero-order chi connectivity index (χ0) is 11.4. The topological polar surface area (TPSA) is 76.4 Å². The van der Waals surface area contributed by atoms with Crippen molar-refractivity contribution in [3.05, 3.63) is 0 Å². The maximum absolute atomic E-state index is 5.21. The number of guanidine groups is 1. The summed E-state index contributed by atoms with van der Waals surface area (Å²) in [5.41, 5.74) is 10.4. The second kappa shape index (κ2) is 11.3. The fourth-order valence-electron chi connectivity index (χ4n) is 1.39. The molecule has 0 aliphatic rings. The number of nitrogens with zero attached hydrogens (tertiary/aromatic N) is 1. The minimum Gasteiger partial charge on any atom is -0.370 e. The van der Waals surface area contributed by atoms with Gasteiger partial charge in [-0.1, -0.05) is 32.6 Å². The van der Waals surface area contributed by atoms with Gasteiger partial charge in [-0.3, -0.25) is 4.99 Å². The first-order chi connectivity index (χ1) is 7.27. The van der Waals surface area contributed by atoms with E-state index in [4.69, 9.17) is 11.5 Å². The Morgan fingerprint density at radius 1 is 1.00 bits per heavy atom. The highest BCUT2D eigenvalue weighted by Crippen LogP contribution is 2.00. The number of aliphatic imine (C=N–C) groups is 1. The largest absolute Gasteiger partial charge is 0.370 e. The lowest BCUT2D eigenvalue weighted by Crippen LogP contribution is -2.23. The lowest BCUT2D eigenvalue weighted by Gasteiger charge is -2.03. The minimum absolute atomic E-state index is 0.189. The molecule has 0 aliphatic heterocycles. The van der Waals surface area contributed by atoms with Crippen molar-refractivity contribution in [1.82, 2.24) is 5.32 Å². The molecule has 0 fully saturated rings. The smallest absolute Gasteiger partial charge is 0.185 e. The summed E-state index contributed by atoms with van der Waals surface area (Å²) in [6, 6.07) is 0. The Bertz CT molecular complexity index is 153. The summed E-state index contributed by atoms with van der Waals surface area (Å²) in [4.78, 5) is 3.92. The predicted molar refractivity (Wildman–Crippen MR) is 66.9 cm³/mol. The van der Waals surface area contributed by atoms with Crippen LogP contribution in [0.25, 0.3) is 0 Å². The maximum atomic E-state index is 5.21. The van der Waals surface area contributed by atoms with E-state index in [2.05, 4.69) is 17.2 Å². The molecule has 0 saturated heterocycles. The van der Waals surface area contributed by atoms with Gasteiger partial charge in [-0.25, -0.2) is 0 Å². The van der Waals surface area contributed by atoms with Crippen LogP contribution in [-0.2, 0) is 0 Å². The van der Waals surface area contributed by atoms with Crippen molar-refractivity contribution in [2.75, 3.05) is 19.6 Å². The summed E-state index contributed by atoms with van der Waals surface area (Å²) < 4.78 is 0. The monoisotopic (exact) mass is 214 g/mol. The standard InChI is InChI=1S/C11H26N4/c1-2-3-4-5-6-8-14-9-7-10-15-11(12)13/h14H,2-10H2,1H3,(H4,12,13,15). The van der Waals surface area contributed by atoms with Crippen LogP contribution in [0, 0.1) is 0 Å². The fourth-order valence-corrected chi connectivity index (χ4v) is 1.39. The number of rotatable bonds is 10. The molecule has 0 radical (unpaired) electrons. The Morgan fingerprint density at radius 2 is 1.67 bits per heavy atom. The van der Waals surface area contributed by atoms with Gasteiger partial charge in [0.1, 0.15) is 0 Å². The van der Waals surface area contributed by atoms with Crippen molar-refractivity contribution in [1.29, 1.82) is 0 Å². The molecule has 0 amide bonds. The fraction of sp³-hybridized carbons (Fsp3) is 0.909. The molecule has 0 rings (SSSR count). The number of hydrogen-bond acceptors (Lipinski definition) is 2. The summed E-state index contributed by atoms with van der Waals surface area (Å²) in [6.07, 6.45) is 7.67. The molecule has 0 aliphatic carbocycles. The first kappa shape index (κ1) is 14.2. The molecule has 0 bridgehead atoms. The molecular formula is C11H26N4. The number of nitrogens with two attached hydrogens (primary N) is 2. The van der Waals surface area contributed by atoms with Crippen molar-refractivity contribution in [2.45, 2.75) is 45.4 Å². The number of nitrogens with one attached hydrogen (secondary N) is 1. The van der Waals surface area contributed by atoms with Crippen LogP contribution in [0.3, 0.4) is 0 Å². The summed E-state index contributed by atoms with van der Waals surface area (Å²) in [5, 5.41) is 3.39. The van der Waals surface area contributed by atoms with Gasteiger partial charge in [0, 0.05) is 6.54 Å². The second-order valence-corrected chi connectivity index (χ2v) is 3.82. The van der Waals surface area contributed by atoms with Crippen molar-refractivity contribution in [2.24, 2.45) is 16.5 Å². The molecule has 0 saturated carbocycles. The molecule has 0 unspecified atom stereocenters. The normalized spacial score (nSPS) is 10.2. The van der Waals surface area contributed by atoms with Crippen LogP contribution in [0.1, 0.15) is 45.4 Å². The van der Waals surface area contributed by atoms with Gasteiger partial charge in [0.05, 0.1) is 0 Å². The SMILES string of the molecule is CCCCCCCNCCCN=C(N)N. The molecule has 0 aromatic rings. The molecule has 4 heteroatoms. The summed E-state index contributed by atoms with van der Waals surface area (Å²) in [5.74, 6) is 0.189. The summed E-state index contributed by atoms with van der Waals surface area (Å²) >= 11 is 0. The van der Waals surface area contributed by atoms with Crippen molar-refractivity contribution >= 4 is 5.96 Å². The summed E-state index contributed by atoms with van der Waals surface area (Å²) in [7, 11) is 0. The van der Waals surface area contributed by atoms with Gasteiger partial charge in [0.25, 0.3) is 0 Å². The lowest BCUT2D eigenvalue weighted by molar-refractivity contribution is 0.576. The van der Waals surface area contributed by atoms with Gasteiger partial charge < -0.3 is 16.8 Å². The highest BCUT2D eigenvalue weighted by atomic mass is 15.0. The van der Waals surface area contributed by atoms with E-state index in [0.717, 1.165) is 26.1 Å². The molecular weight excluding hydrogens is 188 g/mol. The van der Waals surface area contributed by atoms with Crippen LogP contribution in [0.2, 0.25) is 0 Å². The van der Waals surface area contributed by atoms with Crippen LogP contribution in [-0.4, -0.2) is 25.6 Å². The minimum atomic E-state index is 0.189. The number of unbranched alkanes of at least 4 members (excludes halogenated alkanes) is 4. The van der Waals surface area contributed by atoms with E-state index < -0.39 is 0 Å². The third kappa shape index (κ3) is 13.2. The average molecular weight is 214 g/mol. The molecule has 0 heterocycles.